The van der Waals surface area contributed by atoms with E-state index in [1.54, 1.807) is 0 Å². The van der Waals surface area contributed by atoms with E-state index in [-0.39, 0.29) is 12.1 Å². The maximum absolute atomic E-state index is 5.84. The van der Waals surface area contributed by atoms with E-state index in [1.807, 2.05) is 32.2 Å². The second-order valence-corrected chi connectivity index (χ2v) is 7.59. The lowest BCUT2D eigenvalue weighted by Gasteiger charge is -2.26. The van der Waals surface area contributed by atoms with Gasteiger partial charge >= 0.3 is 0 Å². The van der Waals surface area contributed by atoms with Crippen molar-refractivity contribution in [2.24, 2.45) is 0 Å². The molecule has 29 heavy (non-hydrogen) atoms. The molecule has 5 rings (SSSR count). The highest BCUT2D eigenvalue weighted by Gasteiger charge is 2.25. The topological polar surface area (TPSA) is 49.2 Å². The molecule has 4 aromatic rings. The molecule has 1 aliphatic rings. The number of ether oxygens (including phenoxy) is 2. The minimum atomic E-state index is 0.111. The summed E-state index contributed by atoms with van der Waals surface area (Å²) < 4.78 is 13.8. The Morgan fingerprint density at radius 3 is 2.62 bits per heavy atom. The van der Waals surface area contributed by atoms with Crippen LogP contribution in [0.4, 0.5) is 0 Å². The van der Waals surface area contributed by atoms with Crippen molar-refractivity contribution in [2.45, 2.75) is 32.6 Å². The van der Waals surface area contributed by atoms with Crippen molar-refractivity contribution >= 4 is 11.0 Å². The Kier molecular flexibility index (Phi) is 4.52. The quantitative estimate of drug-likeness (QED) is 0.496. The molecule has 1 atom stereocenters. The number of hydrogen-bond donors (Lipinski definition) is 0. The summed E-state index contributed by atoms with van der Waals surface area (Å²) in [5, 5.41) is 0. The normalized spacial score (nSPS) is 16.2. The Balaban J connectivity index is 1.57. The Bertz CT molecular complexity index is 1130. The van der Waals surface area contributed by atoms with Crippen LogP contribution in [0, 0.1) is 0 Å². The smallest absolute Gasteiger partial charge is 0.213 e. The fourth-order valence-electron chi connectivity index (χ4n) is 3.89. The van der Waals surface area contributed by atoms with Gasteiger partial charge < -0.3 is 14.0 Å². The first-order valence-electron chi connectivity index (χ1n) is 9.95. The first-order valence-corrected chi connectivity index (χ1v) is 9.95. The molecule has 5 nitrogen and oxygen atoms in total. The molecule has 0 aliphatic carbocycles. The number of fused-ring (bicyclic) bond motifs is 3. The van der Waals surface area contributed by atoms with Crippen molar-refractivity contribution < 1.29 is 9.47 Å². The summed E-state index contributed by atoms with van der Waals surface area (Å²) in [5.74, 6) is 1.61. The van der Waals surface area contributed by atoms with E-state index in [9.17, 15) is 0 Å². The monoisotopic (exact) mass is 385 g/mol. The molecule has 146 valence electrons. The summed E-state index contributed by atoms with van der Waals surface area (Å²) in [4.78, 5) is 9.26. The van der Waals surface area contributed by atoms with Crippen LogP contribution in [-0.4, -0.2) is 27.2 Å². The van der Waals surface area contributed by atoms with Crippen LogP contribution >= 0.6 is 0 Å². The fraction of sp³-hybridized carbons (Fsp3) is 0.250. The lowest BCUT2D eigenvalue weighted by atomic mass is 10.0. The van der Waals surface area contributed by atoms with E-state index in [2.05, 4.69) is 58.1 Å². The predicted octanol–water partition coefficient (Wildman–Crippen LogP) is 5.01. The lowest BCUT2D eigenvalue weighted by molar-refractivity contribution is 0.0679. The number of pyridine rings is 1. The van der Waals surface area contributed by atoms with Crippen molar-refractivity contribution in [2.75, 3.05) is 6.61 Å². The molecule has 0 spiro atoms. The van der Waals surface area contributed by atoms with E-state index >= 15 is 0 Å². The minimum Gasteiger partial charge on any atom is -0.475 e. The van der Waals surface area contributed by atoms with E-state index in [4.69, 9.17) is 14.5 Å². The summed E-state index contributed by atoms with van der Waals surface area (Å²) in [6.45, 7) is 5.18. The number of imidazole rings is 1. The van der Waals surface area contributed by atoms with Crippen molar-refractivity contribution in [1.29, 1.82) is 0 Å². The Morgan fingerprint density at radius 1 is 1.03 bits per heavy atom. The summed E-state index contributed by atoms with van der Waals surface area (Å²) in [6.07, 6.45) is 1.98. The zero-order valence-corrected chi connectivity index (χ0v) is 16.6. The van der Waals surface area contributed by atoms with E-state index in [0.29, 0.717) is 19.1 Å². The third-order valence-electron chi connectivity index (χ3n) is 5.19. The molecule has 0 radical (unpaired) electrons. The third kappa shape index (κ3) is 3.38. The van der Waals surface area contributed by atoms with Gasteiger partial charge in [0.25, 0.3) is 0 Å². The average molecular weight is 385 g/mol. The van der Waals surface area contributed by atoms with Crippen molar-refractivity contribution in [3.05, 3.63) is 78.2 Å². The summed E-state index contributed by atoms with van der Waals surface area (Å²) in [6, 6.07) is 21.0. The molecule has 2 aromatic heterocycles. The van der Waals surface area contributed by atoms with Crippen LogP contribution in [0.2, 0.25) is 0 Å². The van der Waals surface area contributed by atoms with E-state index < -0.39 is 0 Å². The number of rotatable bonds is 4. The SMILES string of the molecule is CC(C)Oc1ccc(-c2ccc3nc4n(c3c2)C(c2ccccc2)COC4)cn1. The molecule has 0 amide bonds. The van der Waals surface area contributed by atoms with Crippen LogP contribution in [0.25, 0.3) is 22.2 Å². The predicted molar refractivity (Wildman–Crippen MR) is 113 cm³/mol. The largest absolute Gasteiger partial charge is 0.475 e. The summed E-state index contributed by atoms with van der Waals surface area (Å²) >= 11 is 0. The first-order chi connectivity index (χ1) is 14.2. The molecule has 5 heteroatoms. The van der Waals surface area contributed by atoms with Crippen molar-refractivity contribution in [3.8, 4) is 17.0 Å². The highest BCUT2D eigenvalue weighted by atomic mass is 16.5. The van der Waals surface area contributed by atoms with Gasteiger partial charge in [0.1, 0.15) is 12.4 Å². The van der Waals surface area contributed by atoms with Gasteiger partial charge in [0, 0.05) is 17.8 Å². The maximum Gasteiger partial charge on any atom is 0.213 e. The molecule has 1 aliphatic heterocycles. The zero-order valence-electron chi connectivity index (χ0n) is 16.6. The van der Waals surface area contributed by atoms with Crippen LogP contribution < -0.4 is 4.74 Å². The number of benzene rings is 2. The second-order valence-electron chi connectivity index (χ2n) is 7.59. The van der Waals surface area contributed by atoms with Gasteiger partial charge in [0.15, 0.2) is 0 Å². The highest BCUT2D eigenvalue weighted by molar-refractivity contribution is 5.83. The van der Waals surface area contributed by atoms with E-state index in [0.717, 1.165) is 28.0 Å². The molecule has 0 N–H and O–H groups in total. The Hall–Kier alpha value is -3.18. The third-order valence-corrected chi connectivity index (χ3v) is 5.19. The molecule has 0 saturated carbocycles. The molecule has 3 heterocycles. The van der Waals surface area contributed by atoms with Crippen LogP contribution in [0.5, 0.6) is 5.88 Å². The summed E-state index contributed by atoms with van der Waals surface area (Å²) in [5.41, 5.74) is 5.51. The Morgan fingerprint density at radius 2 is 1.86 bits per heavy atom. The van der Waals surface area contributed by atoms with Crippen LogP contribution in [0.15, 0.2) is 66.9 Å². The molecule has 2 aromatic carbocycles. The van der Waals surface area contributed by atoms with Crippen molar-refractivity contribution in [3.63, 3.8) is 0 Å². The van der Waals surface area contributed by atoms with Crippen molar-refractivity contribution in [1.82, 2.24) is 14.5 Å². The molecular weight excluding hydrogens is 362 g/mol. The maximum atomic E-state index is 5.84. The van der Waals surface area contributed by atoms with Gasteiger partial charge in [-0.2, -0.15) is 0 Å². The van der Waals surface area contributed by atoms with Gasteiger partial charge in [-0.3, -0.25) is 0 Å². The number of hydrogen-bond acceptors (Lipinski definition) is 4. The van der Waals surface area contributed by atoms with Gasteiger partial charge in [0.05, 0.1) is 29.8 Å². The van der Waals surface area contributed by atoms with Gasteiger partial charge in [-0.15, -0.1) is 0 Å². The number of aromatic nitrogens is 3. The standard InChI is InChI=1S/C24H23N3O2/c1-16(2)29-24-11-9-19(13-25-24)18-8-10-20-21(12-18)27-22(14-28-15-23(27)26-20)17-6-4-3-5-7-17/h3-13,16,22H,14-15H2,1-2H3. The number of nitrogens with zero attached hydrogens (tertiary/aromatic N) is 3. The lowest BCUT2D eigenvalue weighted by Crippen LogP contribution is -2.24. The first kappa shape index (κ1) is 17.9. The van der Waals surface area contributed by atoms with Gasteiger partial charge in [0.2, 0.25) is 5.88 Å². The van der Waals surface area contributed by atoms with Gasteiger partial charge in [-0.05, 0) is 43.2 Å². The van der Waals surface area contributed by atoms with Crippen LogP contribution in [0.1, 0.15) is 31.3 Å². The molecule has 1 unspecified atom stereocenters. The molecule has 0 bridgehead atoms. The molecular formula is C24H23N3O2. The van der Waals surface area contributed by atoms with Crippen LogP contribution in [-0.2, 0) is 11.3 Å². The van der Waals surface area contributed by atoms with Crippen LogP contribution in [0.3, 0.4) is 0 Å². The fourth-order valence-corrected chi connectivity index (χ4v) is 3.89. The molecule has 0 saturated heterocycles. The summed E-state index contributed by atoms with van der Waals surface area (Å²) in [7, 11) is 0. The minimum absolute atomic E-state index is 0.111. The van der Waals surface area contributed by atoms with Gasteiger partial charge in [-0.1, -0.05) is 36.4 Å². The average Bonchev–Trinajstić information content (AvgIpc) is 3.12. The second kappa shape index (κ2) is 7.33. The van der Waals surface area contributed by atoms with E-state index in [1.165, 1.54) is 5.56 Å². The zero-order chi connectivity index (χ0) is 19.8. The highest BCUT2D eigenvalue weighted by Crippen LogP contribution is 2.33. The van der Waals surface area contributed by atoms with Gasteiger partial charge in [-0.25, -0.2) is 9.97 Å². The molecule has 0 fully saturated rings. The Labute approximate surface area is 169 Å².